The van der Waals surface area contributed by atoms with Crippen molar-refractivity contribution in [3.05, 3.63) is 51.8 Å². The Morgan fingerprint density at radius 1 is 1.23 bits per heavy atom. The second-order valence-corrected chi connectivity index (χ2v) is 7.52. The Morgan fingerprint density at radius 2 is 2.00 bits per heavy atom. The summed E-state index contributed by atoms with van der Waals surface area (Å²) in [6.45, 7) is 7.14. The number of halogens is 1. The molecule has 0 spiro atoms. The van der Waals surface area contributed by atoms with Crippen LogP contribution < -0.4 is 0 Å². The number of piperidine rings is 1. The zero-order chi connectivity index (χ0) is 18.8. The Hall–Kier alpha value is -2.14. The van der Waals surface area contributed by atoms with Gasteiger partial charge in [0.05, 0.1) is 5.69 Å². The lowest BCUT2D eigenvalue weighted by molar-refractivity contribution is -0.133. The topological polar surface area (TPSA) is 55.2 Å². The van der Waals surface area contributed by atoms with Gasteiger partial charge in [-0.15, -0.1) is 0 Å². The molecule has 6 heteroatoms. The Labute approximate surface area is 158 Å². The van der Waals surface area contributed by atoms with Crippen LogP contribution >= 0.6 is 11.6 Å². The van der Waals surface area contributed by atoms with E-state index in [0.29, 0.717) is 23.7 Å². The molecule has 1 saturated heterocycles. The lowest BCUT2D eigenvalue weighted by Gasteiger charge is -2.32. The van der Waals surface area contributed by atoms with E-state index in [2.05, 4.69) is 5.10 Å². The number of aryl methyl sites for hydroxylation is 3. The summed E-state index contributed by atoms with van der Waals surface area (Å²) in [5, 5.41) is 4.99. The number of aromatic nitrogens is 2. The average molecular weight is 374 g/mol. The molecule has 1 atom stereocenters. The first-order valence-electron chi connectivity index (χ1n) is 8.94. The van der Waals surface area contributed by atoms with Crippen molar-refractivity contribution < 1.29 is 9.59 Å². The number of ketones is 1. The number of carbonyl (C=O) groups excluding carboxylic acids is 2. The van der Waals surface area contributed by atoms with Crippen LogP contribution in [-0.4, -0.2) is 39.5 Å². The highest BCUT2D eigenvalue weighted by Gasteiger charge is 2.29. The fourth-order valence-electron chi connectivity index (χ4n) is 3.60. The number of hydrogen-bond donors (Lipinski definition) is 0. The third-order valence-corrected chi connectivity index (χ3v) is 5.22. The highest BCUT2D eigenvalue weighted by atomic mass is 35.5. The van der Waals surface area contributed by atoms with E-state index in [1.807, 2.05) is 32.9 Å². The minimum Gasteiger partial charge on any atom is -0.340 e. The number of nitrogens with zero attached hydrogens (tertiary/aromatic N) is 3. The summed E-state index contributed by atoms with van der Waals surface area (Å²) in [5.74, 6) is -0.0441. The number of benzene rings is 1. The van der Waals surface area contributed by atoms with Crippen molar-refractivity contribution in [3.63, 3.8) is 0 Å². The predicted molar refractivity (Wildman–Crippen MR) is 102 cm³/mol. The summed E-state index contributed by atoms with van der Waals surface area (Å²) < 4.78 is 1.73. The zero-order valence-corrected chi connectivity index (χ0v) is 16.2. The van der Waals surface area contributed by atoms with Crippen LogP contribution in [0.1, 0.15) is 40.2 Å². The number of likely N-dealkylation sites (tertiary alicyclic amines) is 1. The molecule has 0 bridgehead atoms. The molecule has 0 unspecified atom stereocenters. The fourth-order valence-corrected chi connectivity index (χ4v) is 3.83. The van der Waals surface area contributed by atoms with Gasteiger partial charge >= 0.3 is 0 Å². The molecule has 1 fully saturated rings. The van der Waals surface area contributed by atoms with Gasteiger partial charge in [-0.25, -0.2) is 0 Å². The molecule has 0 radical (unpaired) electrons. The van der Waals surface area contributed by atoms with Gasteiger partial charge in [0, 0.05) is 35.3 Å². The summed E-state index contributed by atoms with van der Waals surface area (Å²) in [7, 11) is 0. The fraction of sp³-hybridized carbons (Fsp3) is 0.450. The van der Waals surface area contributed by atoms with E-state index < -0.39 is 0 Å². The largest absolute Gasteiger partial charge is 0.340 e. The number of rotatable bonds is 4. The quantitative estimate of drug-likeness (QED) is 0.769. The van der Waals surface area contributed by atoms with Crippen molar-refractivity contribution in [1.82, 2.24) is 14.7 Å². The summed E-state index contributed by atoms with van der Waals surface area (Å²) in [4.78, 5) is 27.4. The van der Waals surface area contributed by atoms with E-state index in [1.165, 1.54) is 0 Å². The SMILES string of the molecule is Cc1cc(C)n(CC(=O)N2CCC[C@H](C(=O)c3ccc(Cl)cc3C)C2)n1. The van der Waals surface area contributed by atoms with Crippen LogP contribution in [0.4, 0.5) is 0 Å². The smallest absolute Gasteiger partial charge is 0.244 e. The molecular formula is C20H24ClN3O2. The molecule has 26 heavy (non-hydrogen) atoms. The van der Waals surface area contributed by atoms with E-state index in [4.69, 9.17) is 11.6 Å². The van der Waals surface area contributed by atoms with Gasteiger partial charge in [0.25, 0.3) is 0 Å². The maximum absolute atomic E-state index is 12.9. The van der Waals surface area contributed by atoms with Crippen LogP contribution in [0.5, 0.6) is 0 Å². The molecule has 1 aromatic heterocycles. The summed E-state index contributed by atoms with van der Waals surface area (Å²) >= 11 is 5.99. The van der Waals surface area contributed by atoms with Crippen LogP contribution in [0.2, 0.25) is 5.02 Å². The van der Waals surface area contributed by atoms with Crippen LogP contribution in [-0.2, 0) is 11.3 Å². The Kier molecular flexibility index (Phi) is 5.47. The third-order valence-electron chi connectivity index (χ3n) is 4.99. The number of Topliss-reactive ketones (excluding diaryl/α,β-unsaturated/α-hetero) is 1. The molecule has 1 aliphatic heterocycles. The predicted octanol–water partition coefficient (Wildman–Crippen LogP) is 3.58. The molecule has 2 heterocycles. The molecule has 2 aromatic rings. The maximum Gasteiger partial charge on any atom is 0.244 e. The van der Waals surface area contributed by atoms with E-state index in [1.54, 1.807) is 21.7 Å². The zero-order valence-electron chi connectivity index (χ0n) is 15.5. The molecule has 3 rings (SSSR count). The van der Waals surface area contributed by atoms with Gasteiger partial charge in [0.2, 0.25) is 5.91 Å². The molecule has 1 aliphatic rings. The third kappa shape index (κ3) is 3.98. The highest BCUT2D eigenvalue weighted by molar-refractivity contribution is 6.30. The van der Waals surface area contributed by atoms with Crippen molar-refractivity contribution >= 4 is 23.3 Å². The van der Waals surface area contributed by atoms with Crippen LogP contribution in [0.3, 0.4) is 0 Å². The van der Waals surface area contributed by atoms with Gasteiger partial charge in [-0.05, 0) is 63.4 Å². The second kappa shape index (κ2) is 7.62. The van der Waals surface area contributed by atoms with Gasteiger partial charge in [0.15, 0.2) is 5.78 Å². The second-order valence-electron chi connectivity index (χ2n) is 7.09. The molecule has 0 saturated carbocycles. The molecule has 0 aliphatic carbocycles. The minimum absolute atomic E-state index is 0.0153. The van der Waals surface area contributed by atoms with Crippen molar-refractivity contribution in [1.29, 1.82) is 0 Å². The molecule has 0 N–H and O–H groups in total. The first-order valence-corrected chi connectivity index (χ1v) is 9.32. The van der Waals surface area contributed by atoms with Gasteiger partial charge in [-0.3, -0.25) is 14.3 Å². The monoisotopic (exact) mass is 373 g/mol. The van der Waals surface area contributed by atoms with Crippen LogP contribution in [0.15, 0.2) is 24.3 Å². The van der Waals surface area contributed by atoms with Crippen molar-refractivity contribution in [2.45, 2.75) is 40.2 Å². The number of amides is 1. The van der Waals surface area contributed by atoms with Crippen LogP contribution in [0, 0.1) is 26.7 Å². The number of carbonyl (C=O) groups is 2. The first-order chi connectivity index (χ1) is 12.3. The lowest BCUT2D eigenvalue weighted by atomic mass is 9.88. The van der Waals surface area contributed by atoms with Crippen molar-refractivity contribution in [2.24, 2.45) is 5.92 Å². The minimum atomic E-state index is -0.159. The van der Waals surface area contributed by atoms with Crippen LogP contribution in [0.25, 0.3) is 0 Å². The van der Waals surface area contributed by atoms with E-state index in [0.717, 1.165) is 29.8 Å². The maximum atomic E-state index is 12.9. The molecule has 1 aromatic carbocycles. The van der Waals surface area contributed by atoms with Gasteiger partial charge in [-0.2, -0.15) is 5.10 Å². The van der Waals surface area contributed by atoms with Crippen molar-refractivity contribution in [3.8, 4) is 0 Å². The normalized spacial score (nSPS) is 17.4. The van der Waals surface area contributed by atoms with Gasteiger partial charge in [-0.1, -0.05) is 11.6 Å². The highest BCUT2D eigenvalue weighted by Crippen LogP contribution is 2.24. The summed E-state index contributed by atoms with van der Waals surface area (Å²) in [6, 6.07) is 7.30. The van der Waals surface area contributed by atoms with Gasteiger partial charge < -0.3 is 4.90 Å². The van der Waals surface area contributed by atoms with E-state index in [9.17, 15) is 9.59 Å². The van der Waals surface area contributed by atoms with Gasteiger partial charge in [0.1, 0.15) is 6.54 Å². The Balaban J connectivity index is 1.69. The Bertz CT molecular complexity index is 844. The van der Waals surface area contributed by atoms with Crippen molar-refractivity contribution in [2.75, 3.05) is 13.1 Å². The lowest BCUT2D eigenvalue weighted by Crippen LogP contribution is -2.44. The molecular weight excluding hydrogens is 350 g/mol. The average Bonchev–Trinajstić information content (AvgIpc) is 2.91. The summed E-state index contributed by atoms with van der Waals surface area (Å²) in [5.41, 5.74) is 3.46. The van der Waals surface area contributed by atoms with E-state index in [-0.39, 0.29) is 24.2 Å². The summed E-state index contributed by atoms with van der Waals surface area (Å²) in [6.07, 6.45) is 1.65. The molecule has 138 valence electrons. The number of hydrogen-bond acceptors (Lipinski definition) is 3. The molecule has 1 amide bonds. The Morgan fingerprint density at radius 3 is 2.65 bits per heavy atom. The standard InChI is InChI=1S/C20H24ClN3O2/c1-13-9-17(21)6-7-18(13)20(26)16-5-4-8-23(11-16)19(25)12-24-15(3)10-14(2)22-24/h6-7,9-10,16H,4-5,8,11-12H2,1-3H3/t16-/m0/s1. The molecule has 5 nitrogen and oxygen atoms in total. The van der Waals surface area contributed by atoms with E-state index >= 15 is 0 Å². The first kappa shape index (κ1) is 18.6.